The van der Waals surface area contributed by atoms with Gasteiger partial charge in [0.1, 0.15) is 0 Å². The average molecular weight is 814 g/mol. The fourth-order valence-corrected chi connectivity index (χ4v) is 10.4. The van der Waals surface area contributed by atoms with Crippen LogP contribution in [0.25, 0.3) is 66.1 Å². The van der Waals surface area contributed by atoms with E-state index in [4.69, 9.17) is 0 Å². The number of hydrogen-bond acceptors (Lipinski definition) is 1. The summed E-state index contributed by atoms with van der Waals surface area (Å²) in [7, 11) is 0. The molecule has 0 atom stereocenters. The first-order chi connectivity index (χ1) is 31.7. The normalized spacial score (nSPS) is 12.5. The lowest BCUT2D eigenvalue weighted by molar-refractivity contribution is 0.769. The molecule has 0 radical (unpaired) electrons. The second-order valence-corrected chi connectivity index (χ2v) is 16.8. The van der Waals surface area contributed by atoms with E-state index in [0.717, 1.165) is 17.1 Å². The molecule has 0 heterocycles. The maximum Gasteiger partial charge on any atom is 0.0713 e. The minimum atomic E-state index is -0.449. The maximum atomic E-state index is 2.45. The third-order valence-electron chi connectivity index (χ3n) is 13.4. The van der Waals surface area contributed by atoms with Crippen molar-refractivity contribution in [2.24, 2.45) is 0 Å². The molecule has 0 saturated carbocycles. The summed E-state index contributed by atoms with van der Waals surface area (Å²) < 4.78 is 0. The van der Waals surface area contributed by atoms with Crippen molar-refractivity contribution >= 4 is 38.6 Å². The summed E-state index contributed by atoms with van der Waals surface area (Å²) in [6.07, 6.45) is 0. The van der Waals surface area contributed by atoms with Crippen LogP contribution in [0.15, 0.2) is 261 Å². The van der Waals surface area contributed by atoms with Gasteiger partial charge in [-0.15, -0.1) is 0 Å². The molecule has 300 valence electrons. The number of hydrogen-bond donors (Lipinski definition) is 0. The summed E-state index contributed by atoms with van der Waals surface area (Å²) >= 11 is 0. The van der Waals surface area contributed by atoms with Gasteiger partial charge in [-0.2, -0.15) is 0 Å². The molecule has 11 aromatic carbocycles. The van der Waals surface area contributed by atoms with E-state index in [2.05, 4.69) is 266 Å². The van der Waals surface area contributed by atoms with Gasteiger partial charge >= 0.3 is 0 Å². The summed E-state index contributed by atoms with van der Waals surface area (Å²) in [5.74, 6) is 0. The topological polar surface area (TPSA) is 3.24 Å². The molecule has 1 aliphatic carbocycles. The van der Waals surface area contributed by atoms with Gasteiger partial charge in [-0.05, 0) is 125 Å². The SMILES string of the molecule is c1ccc(-c2ccccc2N(c2ccc(-c3ccc4c(c3)C(c3ccccc3)(c3ccccc3)c3ccccc3-4)cc2)c2ccc(-c3ccc4c(ccc5ccccc54)c3)cc2)cc1. The van der Waals surface area contributed by atoms with Crippen LogP contribution >= 0.6 is 0 Å². The highest BCUT2D eigenvalue weighted by atomic mass is 15.1. The Kier molecular flexibility index (Phi) is 9.13. The average Bonchev–Trinajstić information content (AvgIpc) is 3.68. The summed E-state index contributed by atoms with van der Waals surface area (Å²) in [6.45, 7) is 0. The quantitative estimate of drug-likeness (QED) is 0.138. The standard InChI is InChI=1S/C63H43N/c1-4-16-46(17-5-1)57-24-13-15-27-62(57)64(53-36-30-44(31-37-53)48-34-40-56-50(42-48)29-28-47-18-10-11-23-55(47)56)54-38-32-45(33-39-54)49-35-41-59-58-25-12-14-26-60(58)63(61(59)43-49,51-19-6-2-7-20-51)52-21-8-3-9-22-52/h1-43H. The van der Waals surface area contributed by atoms with Crippen molar-refractivity contribution in [3.05, 3.63) is 283 Å². The van der Waals surface area contributed by atoms with Gasteiger partial charge in [0.25, 0.3) is 0 Å². The van der Waals surface area contributed by atoms with Gasteiger partial charge in [-0.1, -0.05) is 218 Å². The molecule has 0 N–H and O–H groups in total. The molecular weight excluding hydrogens is 771 g/mol. The van der Waals surface area contributed by atoms with Crippen molar-refractivity contribution in [2.75, 3.05) is 4.90 Å². The second kappa shape index (κ2) is 15.6. The highest BCUT2D eigenvalue weighted by molar-refractivity contribution is 6.08. The van der Waals surface area contributed by atoms with E-state index in [1.165, 1.54) is 88.3 Å². The van der Waals surface area contributed by atoms with Crippen LogP contribution < -0.4 is 4.90 Å². The Labute approximate surface area is 374 Å². The van der Waals surface area contributed by atoms with E-state index >= 15 is 0 Å². The van der Waals surface area contributed by atoms with Crippen molar-refractivity contribution in [3.63, 3.8) is 0 Å². The third-order valence-corrected chi connectivity index (χ3v) is 13.4. The molecule has 0 saturated heterocycles. The molecule has 0 unspecified atom stereocenters. The maximum absolute atomic E-state index is 2.45. The third kappa shape index (κ3) is 6.16. The van der Waals surface area contributed by atoms with E-state index in [0.29, 0.717) is 0 Å². The second-order valence-electron chi connectivity index (χ2n) is 16.8. The van der Waals surface area contributed by atoms with Crippen molar-refractivity contribution in [2.45, 2.75) is 5.41 Å². The van der Waals surface area contributed by atoms with Gasteiger partial charge in [0.2, 0.25) is 0 Å². The van der Waals surface area contributed by atoms with Gasteiger partial charge in [0.15, 0.2) is 0 Å². The van der Waals surface area contributed by atoms with Crippen LogP contribution in [0, 0.1) is 0 Å². The Morgan fingerprint density at radius 1 is 0.266 bits per heavy atom. The predicted octanol–water partition coefficient (Wildman–Crippen LogP) is 16.8. The van der Waals surface area contributed by atoms with Crippen LogP contribution in [0.1, 0.15) is 22.3 Å². The molecule has 0 aliphatic heterocycles. The first kappa shape index (κ1) is 37.5. The summed E-state index contributed by atoms with van der Waals surface area (Å²) in [5.41, 5.74) is 17.7. The highest BCUT2D eigenvalue weighted by Crippen LogP contribution is 2.56. The Morgan fingerprint density at radius 3 is 1.44 bits per heavy atom. The van der Waals surface area contributed by atoms with Crippen LogP contribution in [0.2, 0.25) is 0 Å². The van der Waals surface area contributed by atoms with Crippen LogP contribution in [0.4, 0.5) is 17.1 Å². The minimum Gasteiger partial charge on any atom is -0.310 e. The summed E-state index contributed by atoms with van der Waals surface area (Å²) in [6, 6.07) is 95.7. The first-order valence-corrected chi connectivity index (χ1v) is 22.2. The Hall–Kier alpha value is -8.26. The van der Waals surface area contributed by atoms with E-state index in [1.807, 2.05) is 0 Å². The van der Waals surface area contributed by atoms with Crippen LogP contribution in [0.5, 0.6) is 0 Å². The Bertz CT molecular complexity index is 3420. The van der Waals surface area contributed by atoms with Crippen LogP contribution in [-0.2, 0) is 5.41 Å². The number of nitrogens with zero attached hydrogens (tertiary/aromatic N) is 1. The highest BCUT2D eigenvalue weighted by Gasteiger charge is 2.46. The monoisotopic (exact) mass is 813 g/mol. The van der Waals surface area contributed by atoms with Crippen LogP contribution in [-0.4, -0.2) is 0 Å². The predicted molar refractivity (Wildman–Crippen MR) is 270 cm³/mol. The van der Waals surface area contributed by atoms with E-state index in [9.17, 15) is 0 Å². The fraction of sp³-hybridized carbons (Fsp3) is 0.0159. The molecule has 0 fully saturated rings. The number of fused-ring (bicyclic) bond motifs is 6. The molecule has 1 aliphatic rings. The number of anilines is 3. The van der Waals surface area contributed by atoms with Gasteiger partial charge < -0.3 is 4.90 Å². The van der Waals surface area contributed by atoms with Gasteiger partial charge in [0.05, 0.1) is 11.1 Å². The molecule has 1 heteroatoms. The molecule has 64 heavy (non-hydrogen) atoms. The number of para-hydroxylation sites is 1. The Morgan fingerprint density at radius 2 is 0.750 bits per heavy atom. The van der Waals surface area contributed by atoms with Gasteiger partial charge in [-0.3, -0.25) is 0 Å². The van der Waals surface area contributed by atoms with Crippen molar-refractivity contribution < 1.29 is 0 Å². The lowest BCUT2D eigenvalue weighted by Gasteiger charge is -2.34. The zero-order valence-corrected chi connectivity index (χ0v) is 35.3. The van der Waals surface area contributed by atoms with E-state index in [1.54, 1.807) is 0 Å². The molecular formula is C63H43N. The first-order valence-electron chi connectivity index (χ1n) is 22.2. The smallest absolute Gasteiger partial charge is 0.0713 e. The summed E-state index contributed by atoms with van der Waals surface area (Å²) in [5, 5.41) is 5.08. The molecule has 12 rings (SSSR count). The molecule has 0 spiro atoms. The lowest BCUT2D eigenvalue weighted by Crippen LogP contribution is -2.28. The lowest BCUT2D eigenvalue weighted by atomic mass is 9.67. The molecule has 0 aromatic heterocycles. The van der Waals surface area contributed by atoms with Crippen molar-refractivity contribution in [1.82, 2.24) is 0 Å². The molecule has 1 nitrogen and oxygen atoms in total. The number of benzene rings is 11. The molecule has 0 bridgehead atoms. The number of rotatable bonds is 8. The van der Waals surface area contributed by atoms with E-state index in [-0.39, 0.29) is 0 Å². The van der Waals surface area contributed by atoms with Crippen LogP contribution in [0.3, 0.4) is 0 Å². The molecule has 0 amide bonds. The van der Waals surface area contributed by atoms with Gasteiger partial charge in [-0.25, -0.2) is 0 Å². The summed E-state index contributed by atoms with van der Waals surface area (Å²) in [4.78, 5) is 2.40. The van der Waals surface area contributed by atoms with Crippen molar-refractivity contribution in [1.29, 1.82) is 0 Å². The van der Waals surface area contributed by atoms with Crippen molar-refractivity contribution in [3.8, 4) is 44.5 Å². The largest absolute Gasteiger partial charge is 0.310 e. The zero-order chi connectivity index (χ0) is 42.5. The van der Waals surface area contributed by atoms with E-state index < -0.39 is 5.41 Å². The zero-order valence-electron chi connectivity index (χ0n) is 35.3. The Balaban J connectivity index is 0.960. The molecule has 11 aromatic rings. The fourth-order valence-electron chi connectivity index (χ4n) is 10.4. The minimum absolute atomic E-state index is 0.449. The van der Waals surface area contributed by atoms with Gasteiger partial charge in [0, 0.05) is 16.9 Å².